The molecule has 0 N–H and O–H groups in total. The third-order valence-corrected chi connectivity index (χ3v) is 7.21. The van der Waals surface area contributed by atoms with Crippen molar-refractivity contribution in [3.05, 3.63) is 36.0 Å². The van der Waals surface area contributed by atoms with Gasteiger partial charge in [0.15, 0.2) is 0 Å². The van der Waals surface area contributed by atoms with Crippen LogP contribution in [0.1, 0.15) is 175 Å². The fraction of sp³-hybridized carbons (Fsp3) is 0.800. The summed E-state index contributed by atoms with van der Waals surface area (Å²) in [7, 11) is 0. The van der Waals surface area contributed by atoms with Crippen LogP contribution in [0.3, 0.4) is 0 Å². The van der Waals surface area contributed by atoms with Crippen LogP contribution in [0.2, 0.25) is 0 Å². The van der Waals surface area contributed by atoms with E-state index in [0.717, 1.165) is 25.7 Å². The number of esters is 1. The first kappa shape index (κ1) is 35.7. The molecule has 0 aliphatic rings. The van der Waals surface area contributed by atoms with Crippen LogP contribution >= 0.6 is 0 Å². The van der Waals surface area contributed by atoms with E-state index in [4.69, 9.17) is 4.74 Å². The first-order chi connectivity index (χ1) is 18.2. The predicted molar refractivity (Wildman–Crippen MR) is 165 cm³/mol. The van der Waals surface area contributed by atoms with E-state index in [-0.39, 0.29) is 5.97 Å². The second-order valence-electron chi connectivity index (χ2n) is 10.9. The van der Waals surface area contributed by atoms with E-state index in [1.165, 1.54) is 134 Å². The zero-order valence-electron chi connectivity index (χ0n) is 25.4. The van der Waals surface area contributed by atoms with Gasteiger partial charge in [-0.05, 0) is 58.3 Å². The number of hydrogen-bond acceptors (Lipinski definition) is 2. The molecule has 0 unspecified atom stereocenters. The summed E-state index contributed by atoms with van der Waals surface area (Å²) < 4.78 is 5.53. The summed E-state index contributed by atoms with van der Waals surface area (Å²) in [6.07, 6.45) is 41.1. The maximum atomic E-state index is 12.3. The smallest absolute Gasteiger partial charge is 0.330 e. The van der Waals surface area contributed by atoms with Gasteiger partial charge in [-0.2, -0.15) is 0 Å². The molecule has 0 aromatic heterocycles. The quantitative estimate of drug-likeness (QED) is 0.0447. The maximum Gasteiger partial charge on any atom is 0.330 e. The van der Waals surface area contributed by atoms with Gasteiger partial charge in [0.1, 0.15) is 0 Å². The number of allylic oxidation sites excluding steroid dienone is 5. The van der Waals surface area contributed by atoms with Gasteiger partial charge in [0, 0.05) is 6.08 Å². The summed E-state index contributed by atoms with van der Waals surface area (Å²) in [6.45, 7) is 7.15. The van der Waals surface area contributed by atoms with Gasteiger partial charge in [-0.1, -0.05) is 146 Å². The molecule has 0 saturated carbocycles. The van der Waals surface area contributed by atoms with Crippen molar-refractivity contribution >= 4 is 5.97 Å². The van der Waals surface area contributed by atoms with Crippen molar-refractivity contribution in [2.24, 2.45) is 0 Å². The molecule has 0 aliphatic heterocycles. The summed E-state index contributed by atoms with van der Waals surface area (Å²) >= 11 is 0. The molecule has 0 bridgehead atoms. The second kappa shape index (κ2) is 30.9. The summed E-state index contributed by atoms with van der Waals surface area (Å²) in [6, 6.07) is 0. The fourth-order valence-electron chi connectivity index (χ4n) is 4.77. The van der Waals surface area contributed by atoms with Crippen molar-refractivity contribution in [2.75, 3.05) is 6.61 Å². The molecule has 0 saturated heterocycles. The molecule has 37 heavy (non-hydrogen) atoms. The minimum atomic E-state index is -0.109. The van der Waals surface area contributed by atoms with Crippen LogP contribution in [-0.2, 0) is 9.53 Å². The molecule has 0 fully saturated rings. The Morgan fingerprint density at radius 2 is 1.05 bits per heavy atom. The third-order valence-electron chi connectivity index (χ3n) is 7.21. The summed E-state index contributed by atoms with van der Waals surface area (Å²) in [5.74, 6) is -0.109. The second-order valence-corrected chi connectivity index (χ2v) is 10.9. The molecule has 216 valence electrons. The minimum Gasteiger partial charge on any atom is -0.463 e. The minimum absolute atomic E-state index is 0.109. The Hall–Kier alpha value is -1.31. The van der Waals surface area contributed by atoms with Gasteiger partial charge in [0.05, 0.1) is 6.61 Å². The molecule has 0 heterocycles. The SMILES string of the molecule is CC=CCC=CCCCCCCCCCCCCCCOC(=O)C=C(CCCCCC)CCCCCC. The van der Waals surface area contributed by atoms with E-state index >= 15 is 0 Å². The highest BCUT2D eigenvalue weighted by Gasteiger charge is 2.05. The van der Waals surface area contributed by atoms with Crippen molar-refractivity contribution in [1.82, 2.24) is 0 Å². The molecular formula is C35H64O2. The number of carbonyl (C=O) groups excluding carboxylic acids is 1. The molecule has 0 rings (SSSR count). The molecule has 0 aromatic carbocycles. The highest BCUT2D eigenvalue weighted by Crippen LogP contribution is 2.18. The van der Waals surface area contributed by atoms with Gasteiger partial charge in [0.25, 0.3) is 0 Å². The standard InChI is InChI=1S/C35H64O2/c1-4-7-10-13-14-15-16-17-18-19-20-21-22-23-24-25-26-29-32-37-35(36)33-34(30-27-11-8-5-2)31-28-12-9-6-3/h4,7,13-14,33H,5-6,8-12,15-32H2,1-3H3. The van der Waals surface area contributed by atoms with Gasteiger partial charge in [-0.3, -0.25) is 0 Å². The molecule has 0 aliphatic carbocycles. The van der Waals surface area contributed by atoms with Crippen LogP contribution in [0.15, 0.2) is 36.0 Å². The Morgan fingerprint density at radius 1 is 0.568 bits per heavy atom. The van der Waals surface area contributed by atoms with Crippen LogP contribution in [0.25, 0.3) is 0 Å². The van der Waals surface area contributed by atoms with Crippen LogP contribution < -0.4 is 0 Å². The molecule has 2 nitrogen and oxygen atoms in total. The van der Waals surface area contributed by atoms with Crippen molar-refractivity contribution in [1.29, 1.82) is 0 Å². The lowest BCUT2D eigenvalue weighted by molar-refractivity contribution is -0.137. The Kier molecular flexibility index (Phi) is 29.8. The fourth-order valence-corrected chi connectivity index (χ4v) is 4.77. The Labute approximate surface area is 232 Å². The van der Waals surface area contributed by atoms with Crippen LogP contribution in [0.5, 0.6) is 0 Å². The van der Waals surface area contributed by atoms with Crippen LogP contribution in [0.4, 0.5) is 0 Å². The molecule has 0 radical (unpaired) electrons. The normalized spacial score (nSPS) is 11.5. The van der Waals surface area contributed by atoms with Crippen molar-refractivity contribution in [3.8, 4) is 0 Å². The third kappa shape index (κ3) is 29.1. The Balaban J connectivity index is 3.64. The van der Waals surface area contributed by atoms with Gasteiger partial charge in [-0.25, -0.2) is 4.79 Å². The van der Waals surface area contributed by atoms with Crippen molar-refractivity contribution < 1.29 is 9.53 Å². The van der Waals surface area contributed by atoms with E-state index in [0.29, 0.717) is 6.61 Å². The van der Waals surface area contributed by atoms with E-state index in [1.807, 2.05) is 6.08 Å². The monoisotopic (exact) mass is 516 g/mol. The maximum absolute atomic E-state index is 12.3. The highest BCUT2D eigenvalue weighted by molar-refractivity contribution is 5.82. The lowest BCUT2D eigenvalue weighted by atomic mass is 10.00. The average molecular weight is 517 g/mol. The Morgan fingerprint density at radius 3 is 1.57 bits per heavy atom. The molecule has 0 amide bonds. The van der Waals surface area contributed by atoms with E-state index in [2.05, 4.69) is 45.1 Å². The van der Waals surface area contributed by atoms with Gasteiger partial charge >= 0.3 is 5.97 Å². The van der Waals surface area contributed by atoms with Gasteiger partial charge in [0.2, 0.25) is 0 Å². The first-order valence-electron chi connectivity index (χ1n) is 16.4. The number of rotatable bonds is 28. The van der Waals surface area contributed by atoms with E-state index < -0.39 is 0 Å². The van der Waals surface area contributed by atoms with Crippen LogP contribution in [0, 0.1) is 0 Å². The zero-order valence-corrected chi connectivity index (χ0v) is 25.4. The summed E-state index contributed by atoms with van der Waals surface area (Å²) in [5, 5.41) is 0. The van der Waals surface area contributed by atoms with Crippen molar-refractivity contribution in [3.63, 3.8) is 0 Å². The number of unbranched alkanes of at least 4 members (excludes halogenated alkanes) is 18. The largest absolute Gasteiger partial charge is 0.463 e. The van der Waals surface area contributed by atoms with Crippen molar-refractivity contribution in [2.45, 2.75) is 175 Å². The predicted octanol–water partition coefficient (Wildman–Crippen LogP) is 12.0. The average Bonchev–Trinajstić information content (AvgIpc) is 2.90. The van der Waals surface area contributed by atoms with Gasteiger partial charge in [-0.15, -0.1) is 0 Å². The topological polar surface area (TPSA) is 26.3 Å². The van der Waals surface area contributed by atoms with E-state index in [1.54, 1.807) is 0 Å². The number of carbonyl (C=O) groups is 1. The highest BCUT2D eigenvalue weighted by atomic mass is 16.5. The Bertz CT molecular complexity index is 544. The van der Waals surface area contributed by atoms with Crippen LogP contribution in [-0.4, -0.2) is 12.6 Å². The first-order valence-corrected chi connectivity index (χ1v) is 16.4. The summed E-state index contributed by atoms with van der Waals surface area (Å²) in [5.41, 5.74) is 1.31. The number of ether oxygens (including phenoxy) is 1. The summed E-state index contributed by atoms with van der Waals surface area (Å²) in [4.78, 5) is 12.3. The molecule has 0 atom stereocenters. The number of hydrogen-bond donors (Lipinski definition) is 0. The molecule has 0 spiro atoms. The lowest BCUT2D eigenvalue weighted by Crippen LogP contribution is -2.04. The molecule has 0 aromatic rings. The molecular weight excluding hydrogens is 452 g/mol. The van der Waals surface area contributed by atoms with E-state index in [9.17, 15) is 4.79 Å². The van der Waals surface area contributed by atoms with Gasteiger partial charge < -0.3 is 4.74 Å². The lowest BCUT2D eigenvalue weighted by Gasteiger charge is -2.08. The zero-order chi connectivity index (χ0) is 27.1. The molecule has 2 heteroatoms.